The van der Waals surface area contributed by atoms with E-state index in [9.17, 15) is 13.2 Å². The SMILES string of the molecule is C[C@@H]1CCCN(CC(=O)N2CCN(S(=O)(=O)c3ccc(Cl)s3)CC2)C1. The third-order valence-corrected chi connectivity index (χ3v) is 8.43. The molecular formula is C16H24ClN3O3S2. The minimum atomic E-state index is -3.51. The Kier molecular flexibility index (Phi) is 6.05. The first kappa shape index (κ1) is 19.1. The third kappa shape index (κ3) is 4.54. The molecule has 0 aliphatic carbocycles. The highest BCUT2D eigenvalue weighted by atomic mass is 35.5. The number of hydrogen-bond acceptors (Lipinski definition) is 5. The van der Waals surface area contributed by atoms with Crippen molar-refractivity contribution in [2.75, 3.05) is 45.8 Å². The number of piperidine rings is 1. The second-order valence-electron chi connectivity index (χ2n) is 6.83. The molecule has 25 heavy (non-hydrogen) atoms. The van der Waals surface area contributed by atoms with Crippen LogP contribution in [0.3, 0.4) is 0 Å². The fourth-order valence-corrected chi connectivity index (χ4v) is 6.52. The number of piperazine rings is 1. The van der Waals surface area contributed by atoms with E-state index in [4.69, 9.17) is 11.6 Å². The normalized spacial score (nSPS) is 23.8. The second kappa shape index (κ2) is 7.92. The smallest absolute Gasteiger partial charge is 0.252 e. The zero-order chi connectivity index (χ0) is 18.0. The maximum atomic E-state index is 12.6. The molecule has 9 heteroatoms. The van der Waals surface area contributed by atoms with Crippen LogP contribution in [0.4, 0.5) is 0 Å². The quantitative estimate of drug-likeness (QED) is 0.768. The van der Waals surface area contributed by atoms with Gasteiger partial charge in [0.1, 0.15) is 4.21 Å². The maximum absolute atomic E-state index is 12.6. The molecule has 0 N–H and O–H groups in total. The number of rotatable bonds is 4. The Hall–Kier alpha value is -0.670. The molecule has 0 radical (unpaired) electrons. The molecule has 3 rings (SSSR count). The van der Waals surface area contributed by atoms with Crippen LogP contribution in [0, 0.1) is 5.92 Å². The van der Waals surface area contributed by atoms with Crippen molar-refractivity contribution in [3.8, 4) is 0 Å². The summed E-state index contributed by atoms with van der Waals surface area (Å²) < 4.78 is 27.4. The number of halogens is 1. The number of carbonyl (C=O) groups is 1. The van der Waals surface area contributed by atoms with Crippen LogP contribution in [-0.2, 0) is 14.8 Å². The van der Waals surface area contributed by atoms with Gasteiger partial charge in [0.2, 0.25) is 5.91 Å². The molecular weight excluding hydrogens is 382 g/mol. The first-order valence-electron chi connectivity index (χ1n) is 8.62. The Morgan fingerprint density at radius 3 is 2.56 bits per heavy atom. The lowest BCUT2D eigenvalue weighted by molar-refractivity contribution is -0.134. The molecule has 1 atom stereocenters. The van der Waals surface area contributed by atoms with Gasteiger partial charge in [0.15, 0.2) is 0 Å². The van der Waals surface area contributed by atoms with E-state index in [0.717, 1.165) is 30.8 Å². The Morgan fingerprint density at radius 2 is 1.96 bits per heavy atom. The summed E-state index contributed by atoms with van der Waals surface area (Å²) in [6, 6.07) is 3.13. The average molecular weight is 406 g/mol. The average Bonchev–Trinajstić information content (AvgIpc) is 3.02. The molecule has 2 saturated heterocycles. The molecule has 2 fully saturated rings. The van der Waals surface area contributed by atoms with E-state index in [2.05, 4.69) is 11.8 Å². The van der Waals surface area contributed by atoms with Gasteiger partial charge in [0, 0.05) is 32.7 Å². The van der Waals surface area contributed by atoms with Crippen LogP contribution in [-0.4, -0.2) is 74.2 Å². The van der Waals surface area contributed by atoms with Gasteiger partial charge in [0.25, 0.3) is 10.0 Å². The third-order valence-electron chi connectivity index (χ3n) is 4.83. The lowest BCUT2D eigenvalue weighted by Gasteiger charge is -2.36. The van der Waals surface area contributed by atoms with Crippen molar-refractivity contribution >= 4 is 38.9 Å². The van der Waals surface area contributed by atoms with Crippen LogP contribution in [0.15, 0.2) is 16.3 Å². The zero-order valence-corrected chi connectivity index (χ0v) is 16.7. The summed E-state index contributed by atoms with van der Waals surface area (Å²) in [7, 11) is -3.51. The fraction of sp³-hybridized carbons (Fsp3) is 0.688. The summed E-state index contributed by atoms with van der Waals surface area (Å²) in [5.74, 6) is 0.742. The molecule has 0 unspecified atom stereocenters. The van der Waals surface area contributed by atoms with Gasteiger partial charge in [0.05, 0.1) is 10.9 Å². The van der Waals surface area contributed by atoms with Gasteiger partial charge in [-0.3, -0.25) is 9.69 Å². The van der Waals surface area contributed by atoms with Gasteiger partial charge in [-0.05, 0) is 37.4 Å². The minimum absolute atomic E-state index is 0.102. The van der Waals surface area contributed by atoms with Crippen molar-refractivity contribution < 1.29 is 13.2 Å². The summed E-state index contributed by atoms with van der Waals surface area (Å²) >= 11 is 6.92. The van der Waals surface area contributed by atoms with E-state index in [1.807, 2.05) is 0 Å². The van der Waals surface area contributed by atoms with Gasteiger partial charge < -0.3 is 4.90 Å². The standard InChI is InChI=1S/C16H24ClN3O3S2/c1-13-3-2-6-18(11-13)12-15(21)19-7-9-20(10-8-19)25(22,23)16-5-4-14(17)24-16/h4-5,13H,2-3,6-12H2,1H3/t13-/m1/s1. The molecule has 1 aromatic rings. The first-order chi connectivity index (χ1) is 11.9. The highest BCUT2D eigenvalue weighted by Gasteiger charge is 2.31. The molecule has 0 bridgehead atoms. The van der Waals surface area contributed by atoms with E-state index in [0.29, 0.717) is 43.0 Å². The van der Waals surface area contributed by atoms with E-state index < -0.39 is 10.0 Å². The summed E-state index contributed by atoms with van der Waals surface area (Å²) in [4.78, 5) is 16.5. The summed E-state index contributed by atoms with van der Waals surface area (Å²) in [5.41, 5.74) is 0. The number of nitrogens with zero attached hydrogens (tertiary/aromatic N) is 3. The van der Waals surface area contributed by atoms with Crippen LogP contribution >= 0.6 is 22.9 Å². The number of amides is 1. The molecule has 0 aromatic carbocycles. The van der Waals surface area contributed by atoms with Crippen molar-refractivity contribution in [3.05, 3.63) is 16.5 Å². The number of sulfonamides is 1. The van der Waals surface area contributed by atoms with Crippen molar-refractivity contribution in [1.82, 2.24) is 14.1 Å². The first-order valence-corrected chi connectivity index (χ1v) is 11.3. The molecule has 140 valence electrons. The molecule has 1 aromatic heterocycles. The van der Waals surface area contributed by atoms with Crippen LogP contribution in [0.2, 0.25) is 4.34 Å². The Labute approximate surface area is 158 Å². The van der Waals surface area contributed by atoms with E-state index in [1.165, 1.54) is 16.8 Å². The fourth-order valence-electron chi connectivity index (χ4n) is 3.46. The van der Waals surface area contributed by atoms with Gasteiger partial charge in [-0.2, -0.15) is 4.31 Å². The largest absolute Gasteiger partial charge is 0.339 e. The van der Waals surface area contributed by atoms with Crippen LogP contribution in [0.1, 0.15) is 19.8 Å². The van der Waals surface area contributed by atoms with Crippen molar-refractivity contribution in [3.63, 3.8) is 0 Å². The lowest BCUT2D eigenvalue weighted by Crippen LogP contribution is -2.53. The molecule has 2 aliphatic heterocycles. The van der Waals surface area contributed by atoms with Crippen molar-refractivity contribution in [2.45, 2.75) is 24.0 Å². The van der Waals surface area contributed by atoms with E-state index in [-0.39, 0.29) is 10.1 Å². The predicted octanol–water partition coefficient (Wildman–Crippen LogP) is 1.97. The number of thiophene rings is 1. The predicted molar refractivity (Wildman–Crippen MR) is 99.5 cm³/mol. The molecule has 3 heterocycles. The topological polar surface area (TPSA) is 60.9 Å². The van der Waals surface area contributed by atoms with Gasteiger partial charge >= 0.3 is 0 Å². The van der Waals surface area contributed by atoms with Crippen molar-refractivity contribution in [2.24, 2.45) is 5.92 Å². The minimum Gasteiger partial charge on any atom is -0.339 e. The molecule has 6 nitrogen and oxygen atoms in total. The Balaban J connectivity index is 1.53. The summed E-state index contributed by atoms with van der Waals surface area (Å²) in [5, 5.41) is 0. The molecule has 0 saturated carbocycles. The maximum Gasteiger partial charge on any atom is 0.252 e. The van der Waals surface area contributed by atoms with Gasteiger partial charge in [-0.15, -0.1) is 11.3 Å². The van der Waals surface area contributed by atoms with Crippen molar-refractivity contribution in [1.29, 1.82) is 0 Å². The number of carbonyl (C=O) groups excluding carboxylic acids is 1. The monoisotopic (exact) mass is 405 g/mol. The van der Waals surface area contributed by atoms with E-state index in [1.54, 1.807) is 11.0 Å². The Morgan fingerprint density at radius 1 is 1.24 bits per heavy atom. The number of hydrogen-bond donors (Lipinski definition) is 0. The van der Waals surface area contributed by atoms with E-state index >= 15 is 0 Å². The Bertz CT molecular complexity index is 714. The summed E-state index contributed by atoms with van der Waals surface area (Å²) in [6.07, 6.45) is 2.37. The highest BCUT2D eigenvalue weighted by Crippen LogP contribution is 2.28. The summed E-state index contributed by atoms with van der Waals surface area (Å²) in [6.45, 7) is 6.17. The molecule has 1 amide bonds. The zero-order valence-electron chi connectivity index (χ0n) is 14.4. The lowest BCUT2D eigenvalue weighted by atomic mass is 10.0. The number of likely N-dealkylation sites (tertiary alicyclic amines) is 1. The van der Waals surface area contributed by atoms with Gasteiger partial charge in [-0.25, -0.2) is 8.42 Å². The van der Waals surface area contributed by atoms with Gasteiger partial charge in [-0.1, -0.05) is 18.5 Å². The van der Waals surface area contributed by atoms with Crippen LogP contribution in [0.5, 0.6) is 0 Å². The highest BCUT2D eigenvalue weighted by molar-refractivity contribution is 7.91. The molecule has 2 aliphatic rings. The molecule has 0 spiro atoms. The second-order valence-corrected chi connectivity index (χ2v) is 10.7. The van der Waals surface area contributed by atoms with Crippen LogP contribution in [0.25, 0.3) is 0 Å². The van der Waals surface area contributed by atoms with Crippen LogP contribution < -0.4 is 0 Å².